The van der Waals surface area contributed by atoms with Crippen molar-refractivity contribution >= 4 is 15.9 Å². The molecular formula is C15H21N5O4S. The van der Waals surface area contributed by atoms with E-state index in [1.54, 1.807) is 6.07 Å². The molecular weight excluding hydrogens is 346 g/mol. The number of amides is 1. The van der Waals surface area contributed by atoms with Crippen LogP contribution in [0.25, 0.3) is 11.4 Å². The van der Waals surface area contributed by atoms with Crippen LogP contribution in [0.5, 0.6) is 0 Å². The minimum absolute atomic E-state index is 0.226. The summed E-state index contributed by atoms with van der Waals surface area (Å²) in [6.07, 6.45) is 2.70. The lowest BCUT2D eigenvalue weighted by Crippen LogP contribution is -2.49. The standard InChI is InChI=1S/C15H21N5O4S/c1-19-5-3-4-14(19)12-8-13(18-17-12)15(21)16-9-11-10-20(6-7-24-11)25(2,22)23/h3-5,8,11H,6-7,9-10H2,1-2H3,(H,16,21)(H,17,18)/t11-/m1/s1. The first kappa shape index (κ1) is 17.6. The number of aromatic nitrogens is 3. The Morgan fingerprint density at radius 1 is 1.52 bits per heavy atom. The van der Waals surface area contributed by atoms with Crippen LogP contribution in [-0.4, -0.2) is 72.0 Å². The number of hydrogen-bond donors (Lipinski definition) is 2. The molecule has 1 saturated heterocycles. The highest BCUT2D eigenvalue weighted by Crippen LogP contribution is 2.17. The molecule has 9 nitrogen and oxygen atoms in total. The van der Waals surface area contributed by atoms with Crippen molar-refractivity contribution in [3.63, 3.8) is 0 Å². The number of H-pyrrole nitrogens is 1. The van der Waals surface area contributed by atoms with Gasteiger partial charge < -0.3 is 14.6 Å². The first-order chi connectivity index (χ1) is 11.8. The van der Waals surface area contributed by atoms with E-state index in [1.165, 1.54) is 10.6 Å². The minimum atomic E-state index is -3.25. The molecule has 10 heteroatoms. The van der Waals surface area contributed by atoms with E-state index in [4.69, 9.17) is 4.74 Å². The van der Waals surface area contributed by atoms with Gasteiger partial charge in [-0.2, -0.15) is 9.40 Å². The lowest BCUT2D eigenvalue weighted by atomic mass is 10.2. The Balaban J connectivity index is 1.58. The summed E-state index contributed by atoms with van der Waals surface area (Å²) in [6.45, 7) is 1.11. The Hall–Kier alpha value is -2.17. The third-order valence-corrected chi connectivity index (χ3v) is 5.36. The van der Waals surface area contributed by atoms with E-state index >= 15 is 0 Å². The molecule has 0 radical (unpaired) electrons. The van der Waals surface area contributed by atoms with Crippen molar-refractivity contribution in [2.45, 2.75) is 6.10 Å². The van der Waals surface area contributed by atoms with Gasteiger partial charge in [0.2, 0.25) is 10.0 Å². The van der Waals surface area contributed by atoms with E-state index in [9.17, 15) is 13.2 Å². The highest BCUT2D eigenvalue weighted by Gasteiger charge is 2.27. The van der Waals surface area contributed by atoms with Crippen molar-refractivity contribution in [3.8, 4) is 11.4 Å². The van der Waals surface area contributed by atoms with Crippen molar-refractivity contribution in [2.24, 2.45) is 7.05 Å². The Morgan fingerprint density at radius 2 is 2.32 bits per heavy atom. The molecule has 1 aliphatic heterocycles. The van der Waals surface area contributed by atoms with Crippen LogP contribution in [0.2, 0.25) is 0 Å². The van der Waals surface area contributed by atoms with Crippen LogP contribution in [0.1, 0.15) is 10.5 Å². The summed E-state index contributed by atoms with van der Waals surface area (Å²) < 4.78 is 32.0. The molecule has 1 atom stereocenters. The molecule has 136 valence electrons. The van der Waals surface area contributed by atoms with Crippen LogP contribution in [0.15, 0.2) is 24.4 Å². The quantitative estimate of drug-likeness (QED) is 0.761. The fourth-order valence-electron chi connectivity index (χ4n) is 2.72. The Bertz CT molecular complexity index is 857. The summed E-state index contributed by atoms with van der Waals surface area (Å²) in [5.74, 6) is -0.312. The monoisotopic (exact) mass is 367 g/mol. The highest BCUT2D eigenvalue weighted by atomic mass is 32.2. The molecule has 2 N–H and O–H groups in total. The minimum Gasteiger partial charge on any atom is -0.374 e. The summed E-state index contributed by atoms with van der Waals surface area (Å²) >= 11 is 0. The maximum Gasteiger partial charge on any atom is 0.269 e. The number of morpholine rings is 1. The molecule has 2 aromatic rings. The van der Waals surface area contributed by atoms with Crippen molar-refractivity contribution in [2.75, 3.05) is 32.5 Å². The molecule has 0 saturated carbocycles. The van der Waals surface area contributed by atoms with Crippen LogP contribution in [-0.2, 0) is 21.8 Å². The van der Waals surface area contributed by atoms with Crippen molar-refractivity contribution in [1.29, 1.82) is 0 Å². The normalized spacial score (nSPS) is 19.0. The first-order valence-electron chi connectivity index (χ1n) is 7.86. The van der Waals surface area contributed by atoms with Gasteiger partial charge in [0.05, 0.1) is 24.7 Å². The summed E-state index contributed by atoms with van der Waals surface area (Å²) in [4.78, 5) is 12.3. The van der Waals surface area contributed by atoms with Gasteiger partial charge in [0, 0.05) is 32.9 Å². The molecule has 1 aliphatic rings. The third-order valence-electron chi connectivity index (χ3n) is 4.09. The second-order valence-corrected chi connectivity index (χ2v) is 7.98. The molecule has 0 bridgehead atoms. The SMILES string of the molecule is Cn1cccc1-c1cc(C(=O)NC[C@@H]2CN(S(C)(=O)=O)CCO2)[nH]n1. The van der Waals surface area contributed by atoms with Gasteiger partial charge in [0.15, 0.2) is 0 Å². The van der Waals surface area contributed by atoms with Gasteiger partial charge >= 0.3 is 0 Å². The predicted octanol–water partition coefficient (Wildman–Crippen LogP) is -0.195. The zero-order valence-corrected chi connectivity index (χ0v) is 14.9. The molecule has 3 rings (SSSR count). The first-order valence-corrected chi connectivity index (χ1v) is 9.71. The molecule has 0 aliphatic carbocycles. The van der Waals surface area contributed by atoms with E-state index in [0.717, 1.165) is 5.69 Å². The molecule has 2 aromatic heterocycles. The van der Waals surface area contributed by atoms with Crippen LogP contribution in [0.4, 0.5) is 0 Å². The van der Waals surface area contributed by atoms with Crippen molar-refractivity contribution < 1.29 is 17.9 Å². The number of rotatable bonds is 5. The fraction of sp³-hybridized carbons (Fsp3) is 0.467. The number of hydrogen-bond acceptors (Lipinski definition) is 5. The number of carbonyl (C=O) groups excluding carboxylic acids is 1. The molecule has 0 spiro atoms. The van der Waals surface area contributed by atoms with Crippen LogP contribution in [0, 0.1) is 0 Å². The number of nitrogens with zero attached hydrogens (tertiary/aromatic N) is 3. The Kier molecular flexibility index (Phi) is 4.93. The van der Waals surface area contributed by atoms with Gasteiger partial charge in [0.1, 0.15) is 11.4 Å². The number of ether oxygens (including phenoxy) is 1. The average molecular weight is 367 g/mol. The van der Waals surface area contributed by atoms with Crippen LogP contribution in [0.3, 0.4) is 0 Å². The number of nitrogens with one attached hydrogen (secondary N) is 2. The summed E-state index contributed by atoms with van der Waals surface area (Å²) in [7, 11) is -1.35. The Labute approximate surface area is 146 Å². The van der Waals surface area contributed by atoms with Crippen LogP contribution >= 0.6 is 0 Å². The molecule has 1 amide bonds. The average Bonchev–Trinajstić information content (AvgIpc) is 3.20. The third kappa shape index (κ3) is 4.09. The summed E-state index contributed by atoms with van der Waals surface area (Å²) in [5, 5.41) is 9.62. The zero-order valence-electron chi connectivity index (χ0n) is 14.1. The van der Waals surface area contributed by atoms with Gasteiger partial charge in [0.25, 0.3) is 5.91 Å². The molecule has 0 aromatic carbocycles. The second-order valence-electron chi connectivity index (χ2n) is 6.00. The largest absolute Gasteiger partial charge is 0.374 e. The lowest BCUT2D eigenvalue weighted by molar-refractivity contribution is 0.000412. The van der Waals surface area contributed by atoms with Crippen LogP contribution < -0.4 is 5.32 Å². The van der Waals surface area contributed by atoms with Crippen molar-refractivity contribution in [3.05, 3.63) is 30.1 Å². The lowest BCUT2D eigenvalue weighted by Gasteiger charge is -2.31. The number of sulfonamides is 1. The fourth-order valence-corrected chi connectivity index (χ4v) is 3.56. The van der Waals surface area contributed by atoms with Gasteiger partial charge in [-0.05, 0) is 18.2 Å². The van der Waals surface area contributed by atoms with Gasteiger partial charge in [-0.3, -0.25) is 9.89 Å². The summed E-state index contributed by atoms with van der Waals surface area (Å²) in [5.41, 5.74) is 1.91. The van der Waals surface area contributed by atoms with Gasteiger partial charge in [-0.15, -0.1) is 0 Å². The number of aromatic amines is 1. The molecule has 0 unspecified atom stereocenters. The maximum atomic E-state index is 12.3. The van der Waals surface area contributed by atoms with E-state index < -0.39 is 10.0 Å². The summed E-state index contributed by atoms with van der Waals surface area (Å²) in [6, 6.07) is 5.49. The number of carbonyl (C=O) groups is 1. The van der Waals surface area contributed by atoms with E-state index in [1.807, 2.05) is 29.9 Å². The highest BCUT2D eigenvalue weighted by molar-refractivity contribution is 7.88. The zero-order chi connectivity index (χ0) is 18.0. The van der Waals surface area contributed by atoms with E-state index in [2.05, 4.69) is 15.5 Å². The molecule has 1 fully saturated rings. The Morgan fingerprint density at radius 3 is 3.00 bits per heavy atom. The molecule has 3 heterocycles. The second kappa shape index (κ2) is 6.98. The number of aryl methyl sites for hydroxylation is 1. The predicted molar refractivity (Wildman–Crippen MR) is 91.5 cm³/mol. The smallest absolute Gasteiger partial charge is 0.269 e. The van der Waals surface area contributed by atoms with E-state index in [0.29, 0.717) is 24.5 Å². The maximum absolute atomic E-state index is 12.3. The van der Waals surface area contributed by atoms with Gasteiger partial charge in [-0.25, -0.2) is 8.42 Å². The van der Waals surface area contributed by atoms with Crippen molar-refractivity contribution in [1.82, 2.24) is 24.4 Å². The van der Waals surface area contributed by atoms with Gasteiger partial charge in [-0.1, -0.05) is 0 Å². The topological polar surface area (TPSA) is 109 Å². The van der Waals surface area contributed by atoms with E-state index in [-0.39, 0.29) is 25.1 Å². The molecule has 25 heavy (non-hydrogen) atoms.